The number of ether oxygens (including phenoxy) is 1. The van der Waals surface area contributed by atoms with E-state index < -0.39 is 11.7 Å². The molecule has 1 saturated heterocycles. The molecular formula is C16H20F3N7O. The van der Waals surface area contributed by atoms with Crippen LogP contribution in [0.25, 0.3) is 0 Å². The van der Waals surface area contributed by atoms with Gasteiger partial charge in [0.25, 0.3) is 0 Å². The summed E-state index contributed by atoms with van der Waals surface area (Å²) in [6.07, 6.45) is -0.540. The van der Waals surface area contributed by atoms with Crippen LogP contribution in [0.4, 0.5) is 19.1 Å². The molecular weight excluding hydrogens is 363 g/mol. The minimum atomic E-state index is -4.44. The second-order valence-electron chi connectivity index (χ2n) is 6.67. The summed E-state index contributed by atoms with van der Waals surface area (Å²) in [5, 5.41) is 7.80. The second-order valence-corrected chi connectivity index (χ2v) is 6.67. The van der Waals surface area contributed by atoms with Crippen molar-refractivity contribution in [1.82, 2.24) is 30.0 Å². The Labute approximate surface area is 153 Å². The highest BCUT2D eigenvalue weighted by Gasteiger charge is 2.32. The molecule has 1 fully saturated rings. The van der Waals surface area contributed by atoms with Gasteiger partial charge in [0.1, 0.15) is 12.4 Å². The molecule has 1 atom stereocenters. The number of nitrogens with zero attached hydrogens (tertiary/aromatic N) is 6. The fourth-order valence-electron chi connectivity index (χ4n) is 3.24. The van der Waals surface area contributed by atoms with Gasteiger partial charge in [-0.3, -0.25) is 0 Å². The van der Waals surface area contributed by atoms with E-state index >= 15 is 0 Å². The molecule has 146 valence electrons. The number of halogens is 3. The molecule has 0 spiro atoms. The molecule has 2 aromatic heterocycles. The number of fused-ring (bicyclic) bond motifs is 1. The number of hydrogen-bond acceptors (Lipinski definition) is 7. The molecule has 4 rings (SSSR count). The lowest BCUT2D eigenvalue weighted by molar-refractivity contribution is -0.138. The van der Waals surface area contributed by atoms with E-state index in [1.54, 1.807) is 9.58 Å². The van der Waals surface area contributed by atoms with E-state index in [2.05, 4.69) is 25.4 Å². The molecule has 0 radical (unpaired) electrons. The van der Waals surface area contributed by atoms with Gasteiger partial charge in [0, 0.05) is 25.0 Å². The maximum Gasteiger partial charge on any atom is 0.419 e. The van der Waals surface area contributed by atoms with Crippen LogP contribution in [0.2, 0.25) is 0 Å². The molecule has 27 heavy (non-hydrogen) atoms. The van der Waals surface area contributed by atoms with E-state index in [-0.39, 0.29) is 5.95 Å². The Morgan fingerprint density at radius 1 is 1.22 bits per heavy atom. The Balaban J connectivity index is 1.36. The van der Waals surface area contributed by atoms with E-state index in [0.717, 1.165) is 31.2 Å². The summed E-state index contributed by atoms with van der Waals surface area (Å²) in [7, 11) is 0. The van der Waals surface area contributed by atoms with E-state index in [4.69, 9.17) is 4.74 Å². The SMILES string of the molecule is FC(F)(F)c1cnc(N2CCn3nc(COC[C@H]4CCCN4)nc3C2)nc1. The first kappa shape index (κ1) is 18.1. The molecule has 0 unspecified atom stereocenters. The average molecular weight is 383 g/mol. The summed E-state index contributed by atoms with van der Waals surface area (Å²) in [6.45, 7) is 3.52. The number of anilines is 1. The zero-order chi connectivity index (χ0) is 18.9. The standard InChI is InChI=1S/C16H20F3N7O/c17-16(18,19)11-6-21-15(22-7-11)25-4-5-26-14(8-25)23-13(24-26)10-27-9-12-2-1-3-20-12/h6-7,12,20H,1-5,8-10H2/t12-/m1/s1. The highest BCUT2D eigenvalue weighted by Crippen LogP contribution is 2.28. The highest BCUT2D eigenvalue weighted by atomic mass is 19.4. The normalized spacial score (nSPS) is 20.1. The first-order valence-corrected chi connectivity index (χ1v) is 8.87. The van der Waals surface area contributed by atoms with Crippen molar-refractivity contribution in [1.29, 1.82) is 0 Å². The smallest absolute Gasteiger partial charge is 0.372 e. The fraction of sp³-hybridized carbons (Fsp3) is 0.625. The number of alkyl halides is 3. The third kappa shape index (κ3) is 4.19. The Hall–Kier alpha value is -2.27. The van der Waals surface area contributed by atoms with E-state index in [0.29, 0.717) is 44.7 Å². The zero-order valence-corrected chi connectivity index (χ0v) is 14.6. The summed E-state index contributed by atoms with van der Waals surface area (Å²) in [5.41, 5.74) is -0.859. The molecule has 2 aromatic rings. The van der Waals surface area contributed by atoms with Crippen LogP contribution in [-0.2, 0) is 30.6 Å². The van der Waals surface area contributed by atoms with Crippen LogP contribution < -0.4 is 10.2 Å². The number of rotatable bonds is 5. The molecule has 4 heterocycles. The first-order valence-electron chi connectivity index (χ1n) is 8.87. The summed E-state index contributed by atoms with van der Waals surface area (Å²) in [6, 6.07) is 0.398. The van der Waals surface area contributed by atoms with Crippen molar-refractivity contribution in [3.63, 3.8) is 0 Å². The molecule has 1 N–H and O–H groups in total. The molecule has 8 nitrogen and oxygen atoms in total. The molecule has 11 heteroatoms. The minimum Gasteiger partial charge on any atom is -0.372 e. The Kier molecular flexibility index (Phi) is 4.96. The lowest BCUT2D eigenvalue weighted by atomic mass is 10.2. The molecule has 0 bridgehead atoms. The van der Waals surface area contributed by atoms with Crippen LogP contribution >= 0.6 is 0 Å². The Morgan fingerprint density at radius 2 is 2.04 bits per heavy atom. The van der Waals surface area contributed by atoms with Crippen molar-refractivity contribution in [2.45, 2.75) is 44.8 Å². The molecule has 0 saturated carbocycles. The minimum absolute atomic E-state index is 0.252. The molecule has 2 aliphatic heterocycles. The quantitative estimate of drug-likeness (QED) is 0.835. The van der Waals surface area contributed by atoms with Crippen molar-refractivity contribution in [3.8, 4) is 0 Å². The summed E-state index contributed by atoms with van der Waals surface area (Å²) in [4.78, 5) is 14.0. The Bertz CT molecular complexity index is 771. The summed E-state index contributed by atoms with van der Waals surface area (Å²) >= 11 is 0. The number of nitrogens with one attached hydrogen (secondary N) is 1. The largest absolute Gasteiger partial charge is 0.419 e. The fourth-order valence-corrected chi connectivity index (χ4v) is 3.24. The van der Waals surface area contributed by atoms with E-state index in [9.17, 15) is 13.2 Å². The zero-order valence-electron chi connectivity index (χ0n) is 14.6. The Morgan fingerprint density at radius 3 is 2.74 bits per heavy atom. The van der Waals surface area contributed by atoms with Gasteiger partial charge < -0.3 is 15.0 Å². The summed E-state index contributed by atoms with van der Waals surface area (Å²) in [5.74, 6) is 1.59. The van der Waals surface area contributed by atoms with Crippen LogP contribution in [0.3, 0.4) is 0 Å². The third-order valence-electron chi connectivity index (χ3n) is 4.67. The third-order valence-corrected chi connectivity index (χ3v) is 4.67. The lowest BCUT2D eigenvalue weighted by Crippen LogP contribution is -2.35. The van der Waals surface area contributed by atoms with Gasteiger partial charge in [-0.25, -0.2) is 19.6 Å². The van der Waals surface area contributed by atoms with Gasteiger partial charge in [-0.15, -0.1) is 0 Å². The van der Waals surface area contributed by atoms with Crippen LogP contribution in [0.5, 0.6) is 0 Å². The van der Waals surface area contributed by atoms with Gasteiger partial charge in [0.2, 0.25) is 5.95 Å². The predicted octanol–water partition coefficient (Wildman–Crippen LogP) is 1.38. The lowest BCUT2D eigenvalue weighted by Gasteiger charge is -2.26. The molecule has 0 aliphatic carbocycles. The summed E-state index contributed by atoms with van der Waals surface area (Å²) < 4.78 is 45.4. The first-order chi connectivity index (χ1) is 13.0. The van der Waals surface area contributed by atoms with Crippen LogP contribution in [0.15, 0.2) is 12.4 Å². The van der Waals surface area contributed by atoms with E-state index in [1.807, 2.05) is 0 Å². The van der Waals surface area contributed by atoms with Gasteiger partial charge in [-0.05, 0) is 19.4 Å². The topological polar surface area (TPSA) is 81.0 Å². The van der Waals surface area contributed by atoms with Gasteiger partial charge in [0.15, 0.2) is 5.82 Å². The van der Waals surface area contributed by atoms with Crippen molar-refractivity contribution < 1.29 is 17.9 Å². The van der Waals surface area contributed by atoms with Crippen molar-refractivity contribution in [2.75, 3.05) is 24.6 Å². The van der Waals surface area contributed by atoms with E-state index in [1.165, 1.54) is 6.42 Å². The average Bonchev–Trinajstić information content (AvgIpc) is 3.29. The van der Waals surface area contributed by atoms with Crippen LogP contribution in [0, 0.1) is 0 Å². The van der Waals surface area contributed by atoms with Crippen molar-refractivity contribution >= 4 is 5.95 Å². The van der Waals surface area contributed by atoms with Gasteiger partial charge in [-0.2, -0.15) is 18.3 Å². The molecule has 2 aliphatic rings. The number of aromatic nitrogens is 5. The predicted molar refractivity (Wildman–Crippen MR) is 88.8 cm³/mol. The maximum atomic E-state index is 12.6. The van der Waals surface area contributed by atoms with Crippen molar-refractivity contribution in [3.05, 3.63) is 29.6 Å². The molecule has 0 aromatic carbocycles. The van der Waals surface area contributed by atoms with Crippen LogP contribution in [-0.4, -0.2) is 50.5 Å². The van der Waals surface area contributed by atoms with Gasteiger partial charge in [0.05, 0.1) is 25.3 Å². The second kappa shape index (κ2) is 7.39. The molecule has 0 amide bonds. The highest BCUT2D eigenvalue weighted by molar-refractivity contribution is 5.31. The van der Waals surface area contributed by atoms with Crippen LogP contribution in [0.1, 0.15) is 30.1 Å². The van der Waals surface area contributed by atoms with Crippen molar-refractivity contribution in [2.24, 2.45) is 0 Å². The van der Waals surface area contributed by atoms with Gasteiger partial charge >= 0.3 is 6.18 Å². The maximum absolute atomic E-state index is 12.6. The van der Waals surface area contributed by atoms with Gasteiger partial charge in [-0.1, -0.05) is 0 Å². The monoisotopic (exact) mass is 383 g/mol. The number of hydrogen-bond donors (Lipinski definition) is 1.